The van der Waals surface area contributed by atoms with Crippen LogP contribution in [-0.2, 0) is 25.9 Å². The molecule has 0 spiro atoms. The van der Waals surface area contributed by atoms with E-state index in [4.69, 9.17) is 27.8 Å². The van der Waals surface area contributed by atoms with Crippen molar-refractivity contribution in [3.8, 4) is 62.9 Å². The molecular formula is C77H60O18Pd. The maximum absolute atomic E-state index is 13.0. The van der Waals surface area contributed by atoms with Crippen LogP contribution in [0.25, 0.3) is 44.6 Å². The van der Waals surface area contributed by atoms with E-state index in [9.17, 15) is 53.7 Å². The van der Waals surface area contributed by atoms with E-state index in [2.05, 4.69) is 0 Å². The number of benzene rings is 10. The summed E-state index contributed by atoms with van der Waals surface area (Å²) in [6.07, 6.45) is -0.520. The molecule has 0 fully saturated rings. The Balaban J connectivity index is 0.000000208. The zero-order chi connectivity index (χ0) is 65.7. The van der Waals surface area contributed by atoms with E-state index in [0.29, 0.717) is 55.5 Å². The predicted molar refractivity (Wildman–Crippen MR) is 358 cm³/mol. The van der Waals surface area contributed by atoms with Crippen molar-refractivity contribution in [2.45, 2.75) is 27.2 Å². The number of ketones is 2. The molecule has 2 heterocycles. The summed E-state index contributed by atoms with van der Waals surface area (Å²) in [4.78, 5) is 101. The molecule has 486 valence electrons. The predicted octanol–water partition coefficient (Wildman–Crippen LogP) is 14.5. The third-order valence-corrected chi connectivity index (χ3v) is 14.4. The number of hydrogen-bond acceptors (Lipinski definition) is 17. The van der Waals surface area contributed by atoms with Gasteiger partial charge in [0.05, 0.1) is 45.0 Å². The fourth-order valence-corrected chi connectivity index (χ4v) is 9.68. The molecule has 10 aromatic carbocycles. The molecule has 0 amide bonds. The van der Waals surface area contributed by atoms with Crippen LogP contribution < -0.4 is 29.8 Å². The summed E-state index contributed by atoms with van der Waals surface area (Å²) >= 11 is 0. The molecule has 18 nitrogen and oxygen atoms in total. The molecule has 2 aromatic heterocycles. The molecule has 96 heavy (non-hydrogen) atoms. The summed E-state index contributed by atoms with van der Waals surface area (Å²) in [5.41, 5.74) is 5.19. The summed E-state index contributed by atoms with van der Waals surface area (Å²) in [7, 11) is 0. The Morgan fingerprint density at radius 1 is 0.354 bits per heavy atom. The van der Waals surface area contributed by atoms with Crippen LogP contribution >= 0.6 is 0 Å². The van der Waals surface area contributed by atoms with E-state index in [-0.39, 0.29) is 112 Å². The molecule has 12 aromatic rings. The molecule has 0 aliphatic heterocycles. The minimum atomic E-state index is -0.719. The zero-order valence-corrected chi connectivity index (χ0v) is 53.3. The topological polar surface area (TPSA) is 293 Å². The maximum atomic E-state index is 13.0. The normalized spacial score (nSPS) is 10.3. The average Bonchev–Trinajstić information content (AvgIpc) is 0.802. The van der Waals surface area contributed by atoms with E-state index in [0.717, 1.165) is 11.1 Å². The Bertz CT molecular complexity index is 4930. The van der Waals surface area contributed by atoms with Crippen LogP contribution in [0.5, 0.6) is 40.2 Å². The van der Waals surface area contributed by atoms with Gasteiger partial charge in [0.25, 0.3) is 0 Å². The van der Waals surface area contributed by atoms with Crippen LogP contribution in [0.3, 0.4) is 0 Å². The number of phenolic OH excluding ortho intramolecular Hbond substituents is 3. The first-order valence-electron chi connectivity index (χ1n) is 28.7. The van der Waals surface area contributed by atoms with Gasteiger partial charge in [-0.15, -0.1) is 0 Å². The first-order chi connectivity index (χ1) is 44.9. The number of rotatable bonds is 14. The SMILES string of the molecule is Cc1cccc(O)c1C(=O)CC(=O)c1ccc(OC(=O)c2ccccc2)c(OC(=O)c2ccccc2)c1.Cc1cccc2oc(-c3ccc(O)c(O)c3)cc(=O)c12.Cc1cccc2oc(-c3ccc(OC(=O)c4ccccc4)c(OC(=O)c4ccccc4)c3)cc(=O)c12.[CH3-].[OH3+].[Pd]. The van der Waals surface area contributed by atoms with Crippen molar-refractivity contribution < 1.29 is 97.8 Å². The van der Waals surface area contributed by atoms with Crippen molar-refractivity contribution in [3.63, 3.8) is 0 Å². The van der Waals surface area contributed by atoms with Crippen molar-refractivity contribution >= 4 is 57.4 Å². The van der Waals surface area contributed by atoms with E-state index in [1.807, 2.05) is 38.1 Å². The first-order valence-corrected chi connectivity index (χ1v) is 28.7. The molecule has 6 N–H and O–H groups in total. The summed E-state index contributed by atoms with van der Waals surface area (Å²) in [5, 5.41) is 30.0. The van der Waals surface area contributed by atoms with E-state index in [1.54, 1.807) is 165 Å². The molecule has 0 unspecified atom stereocenters. The van der Waals surface area contributed by atoms with Crippen LogP contribution in [0, 0.1) is 28.2 Å². The number of hydrogen-bond donors (Lipinski definition) is 3. The Labute approximate surface area is 562 Å². The van der Waals surface area contributed by atoms with Gasteiger partial charge in [0, 0.05) is 49.2 Å². The molecule has 0 radical (unpaired) electrons. The van der Waals surface area contributed by atoms with Crippen molar-refractivity contribution in [3.05, 3.63) is 321 Å². The van der Waals surface area contributed by atoms with Crippen molar-refractivity contribution in [1.82, 2.24) is 0 Å². The number of aromatic hydroxyl groups is 3. The van der Waals surface area contributed by atoms with Crippen molar-refractivity contribution in [1.29, 1.82) is 0 Å². The fourth-order valence-electron chi connectivity index (χ4n) is 9.68. The number of Topliss-reactive ketones (excluding diaryl/α,β-unsaturated/α-hetero) is 2. The standard InChI is InChI=1S/C30H22O7.C30H20O6.C16H12O4.CH3.H2O.Pd/c1-19-9-8-14-23(31)28(19)25(33)18-24(32)22-15-16-26(36-29(34)20-10-4-2-5-11-20)27(17-22)37-30(35)21-12-6-3-7-13-21;1-19-9-8-14-25-28(19)23(31)18-26(34-25)22-15-16-24(35-29(32)20-10-4-2-5-11-20)27(17-22)36-30(33)21-12-6-3-7-13-21;1-9-3-2-4-14-16(9)13(19)8-15(20-14)10-5-6-11(17)12(18)7-10;;;/h2-17,31H,18H2,1H3;2-18H,1H3;2-8,17-18H,1H3;1H3;1H2;/q;;;-1;;/p+1. The molecule has 0 bridgehead atoms. The van der Waals surface area contributed by atoms with Crippen LogP contribution in [0.15, 0.2) is 261 Å². The van der Waals surface area contributed by atoms with Crippen molar-refractivity contribution in [2.24, 2.45) is 0 Å². The molecule has 0 aliphatic carbocycles. The van der Waals surface area contributed by atoms with Crippen LogP contribution in [0.4, 0.5) is 0 Å². The third-order valence-electron chi connectivity index (χ3n) is 14.4. The van der Waals surface area contributed by atoms with Gasteiger partial charge in [0.15, 0.2) is 56.9 Å². The summed E-state index contributed by atoms with van der Waals surface area (Å²) in [6.45, 7) is 5.36. The van der Waals surface area contributed by atoms with E-state index < -0.39 is 41.9 Å². The van der Waals surface area contributed by atoms with Gasteiger partial charge in [-0.05, 0) is 159 Å². The summed E-state index contributed by atoms with van der Waals surface area (Å²) < 4.78 is 33.9. The van der Waals surface area contributed by atoms with E-state index >= 15 is 0 Å². The first kappa shape index (κ1) is 71.3. The molecule has 0 saturated carbocycles. The molecule has 19 heteroatoms. The molecule has 0 atom stereocenters. The van der Waals surface area contributed by atoms with Gasteiger partial charge >= 0.3 is 23.9 Å². The molecule has 0 aliphatic rings. The third kappa shape index (κ3) is 17.1. The van der Waals surface area contributed by atoms with Gasteiger partial charge < -0.3 is 56.0 Å². The monoisotopic (exact) mass is 1380 g/mol. The minimum absolute atomic E-state index is 0. The average molecular weight is 1380 g/mol. The second-order valence-corrected chi connectivity index (χ2v) is 20.9. The van der Waals surface area contributed by atoms with Gasteiger partial charge in [0.1, 0.15) is 28.4 Å². The summed E-state index contributed by atoms with van der Waals surface area (Å²) in [6, 6.07) is 64.5. The Hall–Kier alpha value is -12.1. The second-order valence-electron chi connectivity index (χ2n) is 20.9. The quantitative estimate of drug-likeness (QED) is 0.0133. The maximum Gasteiger partial charge on any atom is 0.343 e. The van der Waals surface area contributed by atoms with Gasteiger partial charge in [-0.1, -0.05) is 109 Å². The van der Waals surface area contributed by atoms with E-state index in [1.165, 1.54) is 60.7 Å². The second kappa shape index (κ2) is 32.4. The molecule has 12 rings (SSSR count). The van der Waals surface area contributed by atoms with Gasteiger partial charge in [-0.25, -0.2) is 19.2 Å². The number of ether oxygens (including phenoxy) is 4. The Morgan fingerprint density at radius 2 is 0.729 bits per heavy atom. The Kier molecular flexibility index (Phi) is 24.1. The van der Waals surface area contributed by atoms with Crippen LogP contribution in [0.1, 0.15) is 85.3 Å². The molecular weight excluding hydrogens is 1320 g/mol. The van der Waals surface area contributed by atoms with Gasteiger partial charge in [-0.2, -0.15) is 0 Å². The van der Waals surface area contributed by atoms with Crippen LogP contribution in [0.2, 0.25) is 0 Å². The zero-order valence-electron chi connectivity index (χ0n) is 51.8. The smallest absolute Gasteiger partial charge is 0.343 e. The number of phenols is 3. The van der Waals surface area contributed by atoms with Crippen molar-refractivity contribution in [2.75, 3.05) is 0 Å². The minimum Gasteiger partial charge on any atom is -0.507 e. The fraction of sp³-hybridized carbons (Fsp3) is 0.0519. The summed E-state index contributed by atoms with van der Waals surface area (Å²) in [5.74, 6) is -3.95. The number of carbonyl (C=O) groups is 6. The number of carbonyl (C=O) groups excluding carboxylic acids is 6. The van der Waals surface area contributed by atoms with Crippen LogP contribution in [-0.4, -0.2) is 50.8 Å². The largest absolute Gasteiger partial charge is 0.507 e. The number of esters is 4. The van der Waals surface area contributed by atoms with Gasteiger partial charge in [0.2, 0.25) is 0 Å². The molecule has 0 saturated heterocycles. The van der Waals surface area contributed by atoms with Gasteiger partial charge in [-0.3, -0.25) is 19.2 Å². The Morgan fingerprint density at radius 3 is 1.16 bits per heavy atom. The number of fused-ring (bicyclic) bond motifs is 2. The number of aryl methyl sites for hydroxylation is 3.